The lowest BCUT2D eigenvalue weighted by Crippen LogP contribution is -2.67. The largest absolute Gasteiger partial charge is 0.343 e. The molecule has 15 heteroatoms. The smallest absolute Gasteiger partial charge is 0.303 e. The molecule has 2 spiro atoms. The third-order valence-electron chi connectivity index (χ3n) is 16.9. The zero-order valence-electron chi connectivity index (χ0n) is 38.1. The van der Waals surface area contributed by atoms with Crippen molar-refractivity contribution in [2.45, 2.75) is 187 Å². The predicted molar refractivity (Wildman–Crippen MR) is 234 cm³/mol. The lowest BCUT2D eigenvalue weighted by atomic mass is 9.32. The molecule has 7 aliphatic rings. The molecule has 7 unspecified atom stereocenters. The number of nitrogens with one attached hydrogen (secondary N) is 4. The first-order valence-corrected chi connectivity index (χ1v) is 25.0. The minimum atomic E-state index is -4.11. The van der Waals surface area contributed by atoms with Crippen LogP contribution in [0.5, 0.6) is 0 Å². The molecule has 3 saturated heterocycles. The number of nitrogens with zero attached hydrogens (tertiary/aromatic N) is 3. The number of hydrogen-bond donors (Lipinski definition) is 4. The van der Waals surface area contributed by atoms with Crippen LogP contribution >= 0.6 is 0 Å². The monoisotopic (exact) mass is 870 g/mol. The molecule has 0 aromatic rings. The second-order valence-corrected chi connectivity index (χ2v) is 23.7. The fourth-order valence-electron chi connectivity index (χ4n) is 12.5. The molecule has 5 amide bonds. The Bertz CT molecular complexity index is 1850. The molecular weight excluding hydrogens is 795 g/mol. The number of likely N-dealkylation sites (tertiary alicyclic amines) is 2. The van der Waals surface area contributed by atoms with Crippen LogP contribution in [-0.4, -0.2) is 114 Å². The van der Waals surface area contributed by atoms with E-state index < -0.39 is 57.0 Å². The normalized spacial score (nSPS) is 32.4. The van der Waals surface area contributed by atoms with Gasteiger partial charge in [-0.05, 0) is 119 Å². The maximum Gasteiger partial charge on any atom is 0.303 e. The molecule has 4 saturated carbocycles. The summed E-state index contributed by atoms with van der Waals surface area (Å²) in [6, 6.07) is -2.94. The topological polar surface area (TPSA) is 177 Å². The summed E-state index contributed by atoms with van der Waals surface area (Å²) in [5, 5.41) is 9.35. The molecule has 4 N–H and O–H groups in total. The molecule has 3 aliphatic heterocycles. The molecule has 0 radical (unpaired) electrons. The van der Waals surface area contributed by atoms with Gasteiger partial charge in [-0.1, -0.05) is 72.8 Å². The highest BCUT2D eigenvalue weighted by atomic mass is 32.2. The van der Waals surface area contributed by atoms with Crippen LogP contribution in [0.1, 0.15) is 151 Å². The Kier molecular flexibility index (Phi) is 12.7. The van der Waals surface area contributed by atoms with Gasteiger partial charge < -0.3 is 20.9 Å². The first-order chi connectivity index (χ1) is 28.6. The van der Waals surface area contributed by atoms with E-state index >= 15 is 4.79 Å². The molecule has 0 aromatic carbocycles. The van der Waals surface area contributed by atoms with E-state index in [1.807, 2.05) is 20.8 Å². The van der Waals surface area contributed by atoms with Crippen LogP contribution in [0.25, 0.3) is 0 Å². The van der Waals surface area contributed by atoms with E-state index in [-0.39, 0.29) is 58.4 Å². The Morgan fingerprint density at radius 1 is 0.787 bits per heavy atom. The van der Waals surface area contributed by atoms with E-state index in [2.05, 4.69) is 59.8 Å². The van der Waals surface area contributed by atoms with Crippen LogP contribution in [0.3, 0.4) is 0 Å². The van der Waals surface area contributed by atoms with Gasteiger partial charge >= 0.3 is 10.2 Å². The van der Waals surface area contributed by atoms with Crippen LogP contribution in [0, 0.1) is 33.5 Å². The third-order valence-corrected chi connectivity index (χ3v) is 18.4. The minimum absolute atomic E-state index is 0.0690. The van der Waals surface area contributed by atoms with Crippen molar-refractivity contribution in [2.75, 3.05) is 26.2 Å². The highest BCUT2D eigenvalue weighted by Gasteiger charge is 2.73. The molecule has 0 aromatic heterocycles. The van der Waals surface area contributed by atoms with E-state index in [0.29, 0.717) is 38.9 Å². The van der Waals surface area contributed by atoms with Gasteiger partial charge in [0, 0.05) is 31.6 Å². The third kappa shape index (κ3) is 8.30. The molecule has 342 valence electrons. The standard InChI is InChI=1S/C46H75N7O7S/c1-9-32-26-46(32,41(58)50-61(59,60)51-23-15-16-24-51)49-38(55)34-27-45(28-44(21-17-22-44)43(45,7)8)29-53(34)40(57)36(42(4,5)6)48-39(56)35(31-18-11-10-12-19-31)47-37(54)33-20-13-14-25-52(33)30(2)3/h9,30-36H,1,10-29H2,2-8H3,(H,47,54)(H,48,56)(H,49,55)(H,50,58). The summed E-state index contributed by atoms with van der Waals surface area (Å²) in [6.07, 6.45) is 15.1. The van der Waals surface area contributed by atoms with Crippen molar-refractivity contribution in [1.82, 2.24) is 34.8 Å². The summed E-state index contributed by atoms with van der Waals surface area (Å²) in [5.41, 5.74) is -2.69. The zero-order valence-corrected chi connectivity index (χ0v) is 38.9. The lowest BCUT2D eigenvalue weighted by Gasteiger charge is -2.72. The van der Waals surface area contributed by atoms with Crippen molar-refractivity contribution in [2.24, 2.45) is 33.5 Å². The SMILES string of the molecule is C=CC1CC1(NC(=O)C1CC2(CN1C(=O)C(NC(=O)C(NC(=O)C1CCCCN1C(C)C)C1CCCCC1)C(C)(C)C)CC1(CCC1)C2(C)C)C(=O)NS(=O)(=O)N1CCCC1. The summed E-state index contributed by atoms with van der Waals surface area (Å²) in [7, 11) is -4.11. The van der Waals surface area contributed by atoms with E-state index in [0.717, 1.165) is 83.6 Å². The zero-order chi connectivity index (χ0) is 44.3. The highest BCUT2D eigenvalue weighted by Crippen LogP contribution is 2.78. The van der Waals surface area contributed by atoms with Gasteiger partial charge in [-0.2, -0.15) is 12.7 Å². The number of hydrogen-bond acceptors (Lipinski definition) is 8. The van der Waals surface area contributed by atoms with Gasteiger partial charge in [-0.3, -0.25) is 28.9 Å². The van der Waals surface area contributed by atoms with Crippen molar-refractivity contribution in [3.8, 4) is 0 Å². The van der Waals surface area contributed by atoms with Crippen LogP contribution in [0.4, 0.5) is 0 Å². The van der Waals surface area contributed by atoms with Gasteiger partial charge in [0.25, 0.3) is 5.91 Å². The second kappa shape index (κ2) is 16.8. The lowest BCUT2D eigenvalue weighted by molar-refractivity contribution is -0.231. The fraction of sp³-hybridized carbons (Fsp3) is 0.848. The molecule has 7 atom stereocenters. The first kappa shape index (κ1) is 46.0. The van der Waals surface area contributed by atoms with Crippen LogP contribution in [0.2, 0.25) is 0 Å². The Balaban J connectivity index is 1.15. The van der Waals surface area contributed by atoms with E-state index in [9.17, 15) is 27.6 Å². The fourth-order valence-corrected chi connectivity index (χ4v) is 13.8. The minimum Gasteiger partial charge on any atom is -0.343 e. The molecule has 7 rings (SSSR count). The number of carbonyl (C=O) groups excluding carboxylic acids is 5. The number of amides is 5. The molecule has 61 heavy (non-hydrogen) atoms. The summed E-state index contributed by atoms with van der Waals surface area (Å²) < 4.78 is 29.9. The highest BCUT2D eigenvalue weighted by molar-refractivity contribution is 7.87. The van der Waals surface area contributed by atoms with Crippen molar-refractivity contribution in [1.29, 1.82) is 0 Å². The number of rotatable bonds is 13. The van der Waals surface area contributed by atoms with Gasteiger partial charge in [-0.25, -0.2) is 4.72 Å². The van der Waals surface area contributed by atoms with Crippen molar-refractivity contribution < 1.29 is 32.4 Å². The Morgan fingerprint density at radius 2 is 1.43 bits per heavy atom. The van der Waals surface area contributed by atoms with Crippen LogP contribution in [-0.2, 0) is 34.2 Å². The summed E-state index contributed by atoms with van der Waals surface area (Å²) >= 11 is 0. The van der Waals surface area contributed by atoms with Crippen molar-refractivity contribution in [3.05, 3.63) is 12.7 Å². The first-order valence-electron chi connectivity index (χ1n) is 23.6. The molecule has 3 heterocycles. The predicted octanol–water partition coefficient (Wildman–Crippen LogP) is 4.55. The van der Waals surface area contributed by atoms with Crippen molar-refractivity contribution in [3.63, 3.8) is 0 Å². The second-order valence-electron chi connectivity index (χ2n) is 22.0. The Hall–Kier alpha value is -3.04. The maximum atomic E-state index is 15.3. The van der Waals surface area contributed by atoms with Gasteiger partial charge in [0.15, 0.2) is 0 Å². The van der Waals surface area contributed by atoms with Crippen LogP contribution < -0.4 is 20.7 Å². The summed E-state index contributed by atoms with van der Waals surface area (Å²) in [5.74, 6) is -2.77. The van der Waals surface area contributed by atoms with Gasteiger partial charge in [0.2, 0.25) is 23.6 Å². The quantitative estimate of drug-likeness (QED) is 0.195. The molecule has 14 nitrogen and oxygen atoms in total. The van der Waals surface area contributed by atoms with Gasteiger partial charge in [-0.15, -0.1) is 6.58 Å². The van der Waals surface area contributed by atoms with Crippen molar-refractivity contribution >= 4 is 39.7 Å². The summed E-state index contributed by atoms with van der Waals surface area (Å²) in [6.45, 7) is 20.1. The van der Waals surface area contributed by atoms with Gasteiger partial charge in [0.05, 0.1) is 6.04 Å². The van der Waals surface area contributed by atoms with E-state index in [4.69, 9.17) is 0 Å². The Morgan fingerprint density at radius 3 is 1.98 bits per heavy atom. The molecular formula is C46H75N7O7S. The maximum absolute atomic E-state index is 15.3. The van der Waals surface area contributed by atoms with E-state index in [1.165, 1.54) is 4.31 Å². The summed E-state index contributed by atoms with van der Waals surface area (Å²) in [4.78, 5) is 76.8. The van der Waals surface area contributed by atoms with Gasteiger partial charge in [0.1, 0.15) is 23.7 Å². The van der Waals surface area contributed by atoms with E-state index in [1.54, 1.807) is 11.0 Å². The average molecular weight is 870 g/mol. The number of carbonyl (C=O) groups is 5. The molecule has 4 aliphatic carbocycles. The Labute approximate surface area is 365 Å². The molecule has 0 bridgehead atoms. The number of piperidine rings is 1. The average Bonchev–Trinajstić information content (AvgIpc) is 3.49. The van der Waals surface area contributed by atoms with Crippen LogP contribution in [0.15, 0.2) is 12.7 Å². The molecule has 7 fully saturated rings.